The van der Waals surface area contributed by atoms with Crippen LogP contribution in [0.3, 0.4) is 0 Å². The van der Waals surface area contributed by atoms with Crippen molar-refractivity contribution in [3.05, 3.63) is 36.0 Å². The van der Waals surface area contributed by atoms with Gasteiger partial charge in [-0.05, 0) is 36.8 Å². The van der Waals surface area contributed by atoms with Gasteiger partial charge in [0.05, 0.1) is 6.54 Å². The highest BCUT2D eigenvalue weighted by Crippen LogP contribution is 2.26. The van der Waals surface area contributed by atoms with Crippen LogP contribution in [0.25, 0.3) is 10.9 Å². The molecule has 2 atom stereocenters. The van der Waals surface area contributed by atoms with E-state index in [0.29, 0.717) is 0 Å². The van der Waals surface area contributed by atoms with E-state index in [-0.39, 0.29) is 30.3 Å². The third kappa shape index (κ3) is 3.75. The Bertz CT molecular complexity index is 783. The topological polar surface area (TPSA) is 91.2 Å². The standard InChI is InChI=1S/C20H28N4O2/c1-13(2)19(23-18(25)11-21)20(26)24-9-5-6-15(24)10-14-12-22-17-8-4-3-7-16(14)17/h3-4,7-8,12-13,15,19,22H,5-6,9-11,21H2,1-2H3,(H,23,25). The fourth-order valence-corrected chi connectivity index (χ4v) is 3.82. The van der Waals surface area contributed by atoms with Gasteiger partial charge in [-0.3, -0.25) is 9.59 Å². The number of H-pyrrole nitrogens is 1. The third-order valence-electron chi connectivity index (χ3n) is 5.23. The van der Waals surface area contributed by atoms with E-state index in [1.807, 2.05) is 37.1 Å². The van der Waals surface area contributed by atoms with Crippen LogP contribution in [0.4, 0.5) is 0 Å². The Morgan fingerprint density at radius 3 is 2.85 bits per heavy atom. The van der Waals surface area contributed by atoms with Crippen molar-refractivity contribution in [3.8, 4) is 0 Å². The summed E-state index contributed by atoms with van der Waals surface area (Å²) < 4.78 is 0. The number of benzene rings is 1. The summed E-state index contributed by atoms with van der Waals surface area (Å²) in [5.74, 6) is -0.263. The molecule has 140 valence electrons. The maximum Gasteiger partial charge on any atom is 0.245 e. The lowest BCUT2D eigenvalue weighted by molar-refractivity contribution is -0.138. The molecule has 26 heavy (non-hydrogen) atoms. The van der Waals surface area contributed by atoms with Crippen molar-refractivity contribution in [3.63, 3.8) is 0 Å². The quantitative estimate of drug-likeness (QED) is 0.737. The lowest BCUT2D eigenvalue weighted by Gasteiger charge is -2.31. The lowest BCUT2D eigenvalue weighted by atomic mass is 10.00. The van der Waals surface area contributed by atoms with Crippen LogP contribution in [0, 0.1) is 5.92 Å². The SMILES string of the molecule is CC(C)C(NC(=O)CN)C(=O)N1CCCC1Cc1c[nH]c2ccccc12. The number of nitrogens with one attached hydrogen (secondary N) is 2. The van der Waals surface area contributed by atoms with Gasteiger partial charge >= 0.3 is 0 Å². The Labute approximate surface area is 154 Å². The van der Waals surface area contributed by atoms with Gasteiger partial charge in [0.25, 0.3) is 0 Å². The van der Waals surface area contributed by atoms with Crippen molar-refractivity contribution in [2.75, 3.05) is 13.1 Å². The molecule has 2 heterocycles. The summed E-state index contributed by atoms with van der Waals surface area (Å²) in [6.07, 6.45) is 4.85. The van der Waals surface area contributed by atoms with Gasteiger partial charge in [0.1, 0.15) is 6.04 Å². The fraction of sp³-hybridized carbons (Fsp3) is 0.500. The summed E-state index contributed by atoms with van der Waals surface area (Å²) >= 11 is 0. The Hall–Kier alpha value is -2.34. The van der Waals surface area contributed by atoms with E-state index in [9.17, 15) is 9.59 Å². The number of para-hydroxylation sites is 1. The van der Waals surface area contributed by atoms with E-state index >= 15 is 0 Å². The fourth-order valence-electron chi connectivity index (χ4n) is 3.82. The Morgan fingerprint density at radius 1 is 1.35 bits per heavy atom. The molecule has 0 bridgehead atoms. The first kappa shape index (κ1) is 18.5. The minimum atomic E-state index is -0.519. The first-order valence-corrected chi connectivity index (χ1v) is 9.36. The van der Waals surface area contributed by atoms with Gasteiger partial charge in [-0.2, -0.15) is 0 Å². The van der Waals surface area contributed by atoms with E-state index in [0.717, 1.165) is 31.3 Å². The number of fused-ring (bicyclic) bond motifs is 1. The van der Waals surface area contributed by atoms with Crippen molar-refractivity contribution in [1.29, 1.82) is 0 Å². The number of aromatic nitrogens is 1. The molecule has 1 saturated heterocycles. The van der Waals surface area contributed by atoms with Crippen LogP contribution in [0.5, 0.6) is 0 Å². The number of nitrogens with zero attached hydrogens (tertiary/aromatic N) is 1. The Kier molecular flexibility index (Phi) is 5.61. The molecule has 2 aromatic rings. The van der Waals surface area contributed by atoms with Crippen LogP contribution in [-0.2, 0) is 16.0 Å². The number of rotatable bonds is 6. The zero-order chi connectivity index (χ0) is 18.7. The lowest BCUT2D eigenvalue weighted by Crippen LogP contribution is -2.53. The number of hydrogen-bond donors (Lipinski definition) is 3. The summed E-state index contributed by atoms with van der Waals surface area (Å²) in [6.45, 7) is 4.54. The zero-order valence-electron chi connectivity index (χ0n) is 15.5. The van der Waals surface area contributed by atoms with Crippen LogP contribution < -0.4 is 11.1 Å². The molecular weight excluding hydrogens is 328 g/mol. The first-order chi connectivity index (χ1) is 12.5. The van der Waals surface area contributed by atoms with Gasteiger partial charge in [-0.25, -0.2) is 0 Å². The van der Waals surface area contributed by atoms with Gasteiger partial charge in [0.2, 0.25) is 11.8 Å². The zero-order valence-corrected chi connectivity index (χ0v) is 15.5. The maximum atomic E-state index is 13.1. The van der Waals surface area contributed by atoms with Gasteiger partial charge in [0, 0.05) is 29.7 Å². The van der Waals surface area contributed by atoms with E-state index in [1.54, 1.807) is 0 Å². The van der Waals surface area contributed by atoms with Crippen LogP contribution in [0.2, 0.25) is 0 Å². The smallest absolute Gasteiger partial charge is 0.245 e. The molecule has 6 nitrogen and oxygen atoms in total. The third-order valence-corrected chi connectivity index (χ3v) is 5.23. The van der Waals surface area contributed by atoms with Crippen LogP contribution in [-0.4, -0.2) is 46.9 Å². The number of nitrogens with two attached hydrogens (primary N) is 1. The predicted molar refractivity (Wildman–Crippen MR) is 103 cm³/mol. The summed E-state index contributed by atoms with van der Waals surface area (Å²) in [5.41, 5.74) is 7.76. The number of amides is 2. The molecule has 2 amide bonds. The average molecular weight is 356 g/mol. The van der Waals surface area contributed by atoms with Crippen molar-refractivity contribution in [2.45, 2.75) is 45.2 Å². The number of hydrogen-bond acceptors (Lipinski definition) is 3. The number of carbonyl (C=O) groups excluding carboxylic acids is 2. The highest BCUT2D eigenvalue weighted by atomic mass is 16.2. The summed E-state index contributed by atoms with van der Waals surface area (Å²) in [6, 6.07) is 7.87. The molecule has 1 aliphatic rings. The van der Waals surface area contributed by atoms with Crippen LogP contribution >= 0.6 is 0 Å². The maximum absolute atomic E-state index is 13.1. The molecule has 1 aromatic carbocycles. The molecule has 1 aliphatic heterocycles. The van der Waals surface area contributed by atoms with Crippen molar-refractivity contribution in [2.24, 2.45) is 11.7 Å². The number of aromatic amines is 1. The molecule has 1 fully saturated rings. The monoisotopic (exact) mass is 356 g/mol. The molecule has 6 heteroatoms. The highest BCUT2D eigenvalue weighted by molar-refractivity contribution is 5.89. The second kappa shape index (κ2) is 7.91. The van der Waals surface area contributed by atoms with E-state index in [4.69, 9.17) is 5.73 Å². The Balaban J connectivity index is 1.76. The summed E-state index contributed by atoms with van der Waals surface area (Å²) in [5, 5.41) is 4.00. The molecule has 2 unspecified atom stereocenters. The predicted octanol–water partition coefficient (Wildman–Crippen LogP) is 1.80. The summed E-state index contributed by atoms with van der Waals surface area (Å²) in [7, 11) is 0. The first-order valence-electron chi connectivity index (χ1n) is 9.36. The van der Waals surface area contributed by atoms with Crippen LogP contribution in [0.1, 0.15) is 32.3 Å². The van der Waals surface area contributed by atoms with E-state index < -0.39 is 6.04 Å². The molecule has 0 radical (unpaired) electrons. The summed E-state index contributed by atoms with van der Waals surface area (Å²) in [4.78, 5) is 30.1. The van der Waals surface area contributed by atoms with E-state index in [1.165, 1.54) is 10.9 Å². The van der Waals surface area contributed by atoms with E-state index in [2.05, 4.69) is 22.4 Å². The van der Waals surface area contributed by atoms with Crippen molar-refractivity contribution in [1.82, 2.24) is 15.2 Å². The Morgan fingerprint density at radius 2 is 2.12 bits per heavy atom. The van der Waals surface area contributed by atoms with Crippen molar-refractivity contribution < 1.29 is 9.59 Å². The van der Waals surface area contributed by atoms with Gasteiger partial charge < -0.3 is 20.9 Å². The molecule has 4 N–H and O–H groups in total. The van der Waals surface area contributed by atoms with Gasteiger partial charge in [0.15, 0.2) is 0 Å². The second-order valence-electron chi connectivity index (χ2n) is 7.38. The van der Waals surface area contributed by atoms with Gasteiger partial charge in [-0.15, -0.1) is 0 Å². The second-order valence-corrected chi connectivity index (χ2v) is 7.38. The van der Waals surface area contributed by atoms with Gasteiger partial charge in [-0.1, -0.05) is 32.0 Å². The largest absolute Gasteiger partial charge is 0.361 e. The number of carbonyl (C=O) groups is 2. The molecule has 0 spiro atoms. The minimum absolute atomic E-state index is 0.00383. The average Bonchev–Trinajstić information content (AvgIpc) is 3.26. The molecule has 0 aliphatic carbocycles. The molecular formula is C20H28N4O2. The van der Waals surface area contributed by atoms with Crippen LogP contribution in [0.15, 0.2) is 30.5 Å². The highest BCUT2D eigenvalue weighted by Gasteiger charge is 2.35. The minimum Gasteiger partial charge on any atom is -0.361 e. The number of likely N-dealkylation sites (tertiary alicyclic amines) is 1. The molecule has 1 aromatic heterocycles. The normalized spacial score (nSPS) is 18.5. The molecule has 0 saturated carbocycles. The van der Waals surface area contributed by atoms with Crippen molar-refractivity contribution >= 4 is 22.7 Å². The molecule has 3 rings (SSSR count).